The summed E-state index contributed by atoms with van der Waals surface area (Å²) in [4.78, 5) is 42.2. The Kier molecular flexibility index (Phi) is 3.51. The maximum atomic E-state index is 12.7. The molecule has 0 aliphatic carbocycles. The summed E-state index contributed by atoms with van der Waals surface area (Å²) < 4.78 is 0.793. The molecule has 0 aliphatic heterocycles. The monoisotopic (exact) mass is 313 g/mol. The van der Waals surface area contributed by atoms with Crippen LogP contribution in [0.25, 0.3) is 16.6 Å². The van der Waals surface area contributed by atoms with Gasteiger partial charge in [-0.3, -0.25) is 9.78 Å². The van der Waals surface area contributed by atoms with Crippen molar-refractivity contribution >= 4 is 16.9 Å². The molecule has 3 N–H and O–H groups in total. The van der Waals surface area contributed by atoms with E-state index < -0.39 is 17.2 Å². The van der Waals surface area contributed by atoms with Crippen LogP contribution in [0.2, 0.25) is 0 Å². The van der Waals surface area contributed by atoms with Gasteiger partial charge >= 0.3 is 11.7 Å². The van der Waals surface area contributed by atoms with Crippen molar-refractivity contribution in [3.05, 3.63) is 68.6 Å². The summed E-state index contributed by atoms with van der Waals surface area (Å²) in [7, 11) is 0. The van der Waals surface area contributed by atoms with Gasteiger partial charge in [0.2, 0.25) is 0 Å². The van der Waals surface area contributed by atoms with Crippen molar-refractivity contribution in [3.63, 3.8) is 0 Å². The third-order valence-electron chi connectivity index (χ3n) is 3.41. The molecule has 0 amide bonds. The van der Waals surface area contributed by atoms with Crippen molar-refractivity contribution < 1.29 is 15.0 Å². The molecule has 2 aromatic heterocycles. The van der Waals surface area contributed by atoms with Gasteiger partial charge in [0, 0.05) is 6.20 Å². The van der Waals surface area contributed by atoms with Crippen molar-refractivity contribution in [2.75, 3.05) is 0 Å². The number of nitrogens with zero attached hydrogens (tertiary/aromatic N) is 2. The van der Waals surface area contributed by atoms with Gasteiger partial charge in [0.25, 0.3) is 5.56 Å². The van der Waals surface area contributed by atoms with Crippen LogP contribution in [-0.2, 0) is 6.61 Å². The smallest absolute Gasteiger partial charge is 0.337 e. The van der Waals surface area contributed by atoms with Gasteiger partial charge in [-0.15, -0.1) is 0 Å². The second-order valence-corrected chi connectivity index (χ2v) is 4.81. The molecule has 23 heavy (non-hydrogen) atoms. The Balaban J connectivity index is 2.39. The minimum Gasteiger partial charge on any atom is -0.478 e. The largest absolute Gasteiger partial charge is 0.478 e. The molecule has 116 valence electrons. The van der Waals surface area contributed by atoms with E-state index in [4.69, 9.17) is 5.11 Å². The predicted octanol–water partition coefficient (Wildman–Crippen LogP) is 0.265. The molecule has 0 radical (unpaired) electrons. The first-order chi connectivity index (χ1) is 11.0. The summed E-state index contributed by atoms with van der Waals surface area (Å²) in [6.07, 6.45) is 2.34. The molecule has 2 heterocycles. The Labute approximate surface area is 128 Å². The number of hydrogen-bond acceptors (Lipinski definition) is 5. The topological polar surface area (TPSA) is 125 Å². The van der Waals surface area contributed by atoms with E-state index in [-0.39, 0.29) is 23.2 Å². The Morgan fingerprint density at radius 2 is 2.04 bits per heavy atom. The highest BCUT2D eigenvalue weighted by atomic mass is 16.4. The molecule has 8 heteroatoms. The third-order valence-corrected chi connectivity index (χ3v) is 3.41. The number of aliphatic hydroxyl groups is 1. The molecule has 0 unspecified atom stereocenters. The number of benzene rings is 1. The molecule has 8 nitrogen and oxygen atoms in total. The fraction of sp³-hybridized carbons (Fsp3) is 0.0667. The van der Waals surface area contributed by atoms with E-state index >= 15 is 0 Å². The second kappa shape index (κ2) is 5.50. The number of fused-ring (bicyclic) bond motifs is 1. The van der Waals surface area contributed by atoms with Gasteiger partial charge in [-0.2, -0.15) is 0 Å². The number of pyridine rings is 1. The molecular weight excluding hydrogens is 302 g/mol. The van der Waals surface area contributed by atoms with E-state index in [0.717, 1.165) is 10.8 Å². The predicted molar refractivity (Wildman–Crippen MR) is 80.8 cm³/mol. The number of aromatic amines is 1. The number of hydrogen-bond donors (Lipinski definition) is 3. The number of carboxylic acid groups (broad SMARTS) is 1. The minimum absolute atomic E-state index is 0.0331. The molecule has 0 saturated carbocycles. The normalized spacial score (nSPS) is 10.8. The Hall–Kier alpha value is -3.26. The van der Waals surface area contributed by atoms with Crippen LogP contribution in [0.3, 0.4) is 0 Å². The van der Waals surface area contributed by atoms with E-state index in [0.29, 0.717) is 11.1 Å². The van der Waals surface area contributed by atoms with E-state index in [1.54, 1.807) is 18.2 Å². The lowest BCUT2D eigenvalue weighted by atomic mass is 10.1. The highest BCUT2D eigenvalue weighted by Gasteiger charge is 2.14. The van der Waals surface area contributed by atoms with Gasteiger partial charge < -0.3 is 15.2 Å². The maximum absolute atomic E-state index is 12.7. The zero-order valence-electron chi connectivity index (χ0n) is 11.7. The average Bonchev–Trinajstić information content (AvgIpc) is 2.54. The van der Waals surface area contributed by atoms with Crippen molar-refractivity contribution in [3.8, 4) is 5.69 Å². The second-order valence-electron chi connectivity index (χ2n) is 4.81. The quantitative estimate of drug-likeness (QED) is 0.637. The number of aliphatic hydroxyl groups excluding tert-OH is 1. The molecule has 3 aromatic rings. The maximum Gasteiger partial charge on any atom is 0.337 e. The fourth-order valence-corrected chi connectivity index (χ4v) is 2.37. The number of H-pyrrole nitrogens is 1. The SMILES string of the molecule is O=C(O)c1cncc(-n2c(=O)[nH]c3cccc(CO)c3c2=O)c1. The number of nitrogens with one attached hydrogen (secondary N) is 1. The van der Waals surface area contributed by atoms with Crippen LogP contribution in [0.15, 0.2) is 46.2 Å². The molecule has 0 bridgehead atoms. The van der Waals surface area contributed by atoms with Gasteiger partial charge in [0.15, 0.2) is 0 Å². The molecule has 0 aliphatic rings. The average molecular weight is 313 g/mol. The van der Waals surface area contributed by atoms with E-state index in [9.17, 15) is 19.5 Å². The zero-order chi connectivity index (χ0) is 16.6. The summed E-state index contributed by atoms with van der Waals surface area (Å²) in [5.41, 5.74) is -0.834. The summed E-state index contributed by atoms with van der Waals surface area (Å²) in [5, 5.41) is 18.5. The molecule has 0 atom stereocenters. The molecule has 3 rings (SSSR count). The van der Waals surface area contributed by atoms with Crippen molar-refractivity contribution in [2.24, 2.45) is 0 Å². The van der Waals surface area contributed by atoms with Crippen LogP contribution < -0.4 is 11.2 Å². The molecular formula is C15H11N3O5. The van der Waals surface area contributed by atoms with Gasteiger partial charge in [-0.05, 0) is 17.7 Å². The van der Waals surface area contributed by atoms with E-state index in [1.165, 1.54) is 12.3 Å². The van der Waals surface area contributed by atoms with Crippen LogP contribution >= 0.6 is 0 Å². The molecule has 0 spiro atoms. The zero-order valence-corrected chi connectivity index (χ0v) is 11.7. The molecule has 0 fully saturated rings. The summed E-state index contributed by atoms with van der Waals surface area (Å²) in [5.74, 6) is -1.22. The molecule has 0 saturated heterocycles. The first-order valence-corrected chi connectivity index (χ1v) is 6.59. The minimum atomic E-state index is -1.22. The summed E-state index contributed by atoms with van der Waals surface area (Å²) in [6.45, 7) is -0.369. The highest BCUT2D eigenvalue weighted by Crippen LogP contribution is 2.13. The number of carbonyl (C=O) groups is 1. The van der Waals surface area contributed by atoms with Crippen LogP contribution in [-0.4, -0.2) is 30.7 Å². The number of aromatic carboxylic acids is 1. The first kappa shape index (κ1) is 14.7. The Bertz CT molecular complexity index is 1040. The Morgan fingerprint density at radius 1 is 1.26 bits per heavy atom. The standard InChI is InChI=1S/C15H11N3O5/c19-7-8-2-1-3-11-12(8)13(20)18(15(23)17-11)10-4-9(14(21)22)5-16-6-10/h1-6,19H,7H2,(H,17,23)(H,21,22). The first-order valence-electron chi connectivity index (χ1n) is 6.59. The number of aromatic nitrogens is 3. The van der Waals surface area contributed by atoms with E-state index in [2.05, 4.69) is 9.97 Å². The van der Waals surface area contributed by atoms with Crippen molar-refractivity contribution in [2.45, 2.75) is 6.61 Å². The number of carboxylic acids is 1. The fourth-order valence-electron chi connectivity index (χ4n) is 2.37. The van der Waals surface area contributed by atoms with E-state index in [1.807, 2.05) is 0 Å². The highest BCUT2D eigenvalue weighted by molar-refractivity contribution is 5.88. The van der Waals surface area contributed by atoms with Crippen molar-refractivity contribution in [1.29, 1.82) is 0 Å². The molecule has 1 aromatic carbocycles. The van der Waals surface area contributed by atoms with Gasteiger partial charge in [0.1, 0.15) is 0 Å². The van der Waals surface area contributed by atoms with Crippen LogP contribution in [0.4, 0.5) is 0 Å². The van der Waals surface area contributed by atoms with Crippen LogP contribution in [0, 0.1) is 0 Å². The van der Waals surface area contributed by atoms with Crippen LogP contribution in [0.5, 0.6) is 0 Å². The van der Waals surface area contributed by atoms with Crippen LogP contribution in [0.1, 0.15) is 15.9 Å². The summed E-state index contributed by atoms with van der Waals surface area (Å²) in [6, 6.07) is 5.91. The Morgan fingerprint density at radius 3 is 2.74 bits per heavy atom. The van der Waals surface area contributed by atoms with Gasteiger partial charge in [0.05, 0.1) is 35.0 Å². The van der Waals surface area contributed by atoms with Gasteiger partial charge in [-0.25, -0.2) is 14.2 Å². The lowest BCUT2D eigenvalue weighted by molar-refractivity contribution is 0.0696. The van der Waals surface area contributed by atoms with Gasteiger partial charge in [-0.1, -0.05) is 12.1 Å². The number of rotatable bonds is 3. The lowest BCUT2D eigenvalue weighted by Crippen LogP contribution is -2.34. The lowest BCUT2D eigenvalue weighted by Gasteiger charge is -2.08. The van der Waals surface area contributed by atoms with Crippen molar-refractivity contribution in [1.82, 2.24) is 14.5 Å². The third kappa shape index (κ3) is 2.40. The summed E-state index contributed by atoms with van der Waals surface area (Å²) >= 11 is 0.